The number of methoxy groups -OCH3 is 1. The molecule has 4 nitrogen and oxygen atoms in total. The molecule has 0 radical (unpaired) electrons. The molecule has 0 spiro atoms. The number of amides is 1. The third-order valence-corrected chi connectivity index (χ3v) is 4.06. The fraction of sp³-hybridized carbons (Fsp3) is 0.562. The van der Waals surface area contributed by atoms with E-state index in [9.17, 15) is 4.79 Å². The normalized spacial score (nSPS) is 16.0. The second-order valence-electron chi connectivity index (χ2n) is 5.58. The minimum atomic E-state index is 0.0610. The lowest BCUT2D eigenvalue weighted by atomic mass is 10.2. The second kappa shape index (κ2) is 6.75. The van der Waals surface area contributed by atoms with Gasteiger partial charge in [0, 0.05) is 18.2 Å². The molecule has 1 fully saturated rings. The Morgan fingerprint density at radius 1 is 1.45 bits per heavy atom. The highest BCUT2D eigenvalue weighted by molar-refractivity contribution is 5.78. The molecular formula is C16H24N2O2. The lowest BCUT2D eigenvalue weighted by Crippen LogP contribution is -2.40. The number of ether oxygens (including phenoxy) is 1. The average molecular weight is 276 g/mol. The Bertz CT molecular complexity index is 458. The van der Waals surface area contributed by atoms with Crippen LogP contribution in [0.15, 0.2) is 24.3 Å². The van der Waals surface area contributed by atoms with Gasteiger partial charge in [-0.2, -0.15) is 0 Å². The van der Waals surface area contributed by atoms with Crippen molar-refractivity contribution in [1.29, 1.82) is 0 Å². The van der Waals surface area contributed by atoms with Gasteiger partial charge in [-0.1, -0.05) is 18.2 Å². The minimum absolute atomic E-state index is 0.0610. The van der Waals surface area contributed by atoms with Gasteiger partial charge in [0.05, 0.1) is 13.7 Å². The van der Waals surface area contributed by atoms with E-state index in [-0.39, 0.29) is 5.91 Å². The summed E-state index contributed by atoms with van der Waals surface area (Å²) in [4.78, 5) is 14.1. The van der Waals surface area contributed by atoms with Gasteiger partial charge in [-0.05, 0) is 38.8 Å². The molecule has 0 aromatic heterocycles. The highest BCUT2D eigenvalue weighted by Crippen LogP contribution is 2.34. The summed E-state index contributed by atoms with van der Waals surface area (Å²) in [5.41, 5.74) is 1.00. The summed E-state index contributed by atoms with van der Waals surface area (Å²) < 4.78 is 5.27. The topological polar surface area (TPSA) is 41.6 Å². The SMILES string of the molecule is COc1ccccc1CNC(=O)CN(C)C(C)C1CC1. The van der Waals surface area contributed by atoms with Crippen molar-refractivity contribution in [3.8, 4) is 5.75 Å². The molecule has 4 heteroatoms. The van der Waals surface area contributed by atoms with Gasteiger partial charge in [0.1, 0.15) is 5.75 Å². The Morgan fingerprint density at radius 3 is 2.80 bits per heavy atom. The van der Waals surface area contributed by atoms with Gasteiger partial charge in [-0.15, -0.1) is 0 Å². The molecule has 1 saturated carbocycles. The maximum Gasteiger partial charge on any atom is 0.234 e. The van der Waals surface area contributed by atoms with E-state index in [1.54, 1.807) is 7.11 Å². The number of carbonyl (C=O) groups excluding carboxylic acids is 1. The van der Waals surface area contributed by atoms with Crippen LogP contribution in [0.4, 0.5) is 0 Å². The second-order valence-corrected chi connectivity index (χ2v) is 5.58. The van der Waals surface area contributed by atoms with Gasteiger partial charge in [-0.25, -0.2) is 0 Å². The number of likely N-dealkylation sites (N-methyl/N-ethyl adjacent to an activating group) is 1. The Kier molecular flexibility index (Phi) is 5.01. The van der Waals surface area contributed by atoms with E-state index in [2.05, 4.69) is 17.1 Å². The standard InChI is InChI=1S/C16H24N2O2/c1-12(13-8-9-13)18(2)11-16(19)17-10-14-6-4-5-7-15(14)20-3/h4-7,12-13H,8-11H2,1-3H3,(H,17,19). The zero-order valence-electron chi connectivity index (χ0n) is 12.6. The minimum Gasteiger partial charge on any atom is -0.496 e. The van der Waals surface area contributed by atoms with E-state index in [0.717, 1.165) is 17.2 Å². The quantitative estimate of drug-likeness (QED) is 0.828. The van der Waals surface area contributed by atoms with Crippen molar-refractivity contribution in [2.75, 3.05) is 20.7 Å². The summed E-state index contributed by atoms with van der Waals surface area (Å²) in [6, 6.07) is 8.24. The van der Waals surface area contributed by atoms with Crippen LogP contribution in [0, 0.1) is 5.92 Å². The largest absolute Gasteiger partial charge is 0.496 e. The first-order valence-corrected chi connectivity index (χ1v) is 7.20. The molecule has 0 bridgehead atoms. The molecule has 1 aliphatic rings. The maximum absolute atomic E-state index is 12.0. The molecule has 1 amide bonds. The van der Waals surface area contributed by atoms with Crippen LogP contribution in [-0.2, 0) is 11.3 Å². The molecule has 1 unspecified atom stereocenters. The van der Waals surface area contributed by atoms with Crippen molar-refractivity contribution < 1.29 is 9.53 Å². The van der Waals surface area contributed by atoms with Crippen molar-refractivity contribution in [1.82, 2.24) is 10.2 Å². The van der Waals surface area contributed by atoms with Gasteiger partial charge < -0.3 is 10.1 Å². The van der Waals surface area contributed by atoms with Crippen molar-refractivity contribution in [2.45, 2.75) is 32.4 Å². The molecule has 110 valence electrons. The van der Waals surface area contributed by atoms with Crippen LogP contribution in [0.1, 0.15) is 25.3 Å². The Labute approximate surface area is 121 Å². The summed E-state index contributed by atoms with van der Waals surface area (Å²) in [5, 5.41) is 2.96. The molecule has 1 atom stereocenters. The van der Waals surface area contributed by atoms with Gasteiger partial charge in [0.25, 0.3) is 0 Å². The van der Waals surface area contributed by atoms with E-state index in [0.29, 0.717) is 19.1 Å². The van der Waals surface area contributed by atoms with E-state index in [1.807, 2.05) is 31.3 Å². The summed E-state index contributed by atoms with van der Waals surface area (Å²) in [6.45, 7) is 3.16. The number of nitrogens with one attached hydrogen (secondary N) is 1. The molecule has 1 N–H and O–H groups in total. The first-order chi connectivity index (χ1) is 9.61. The number of hydrogen-bond acceptors (Lipinski definition) is 3. The van der Waals surface area contributed by atoms with Crippen LogP contribution in [0.25, 0.3) is 0 Å². The summed E-state index contributed by atoms with van der Waals surface area (Å²) in [5.74, 6) is 1.65. The van der Waals surface area contributed by atoms with Gasteiger partial charge in [0.2, 0.25) is 5.91 Å². The van der Waals surface area contributed by atoms with Crippen LogP contribution in [0.3, 0.4) is 0 Å². The monoisotopic (exact) mass is 276 g/mol. The third-order valence-electron chi connectivity index (χ3n) is 4.06. The number of rotatable bonds is 7. The fourth-order valence-corrected chi connectivity index (χ4v) is 2.41. The van der Waals surface area contributed by atoms with Crippen LogP contribution in [0.5, 0.6) is 5.75 Å². The number of nitrogens with zero attached hydrogens (tertiary/aromatic N) is 1. The summed E-state index contributed by atoms with van der Waals surface area (Å²) in [7, 11) is 3.66. The molecule has 0 heterocycles. The number of para-hydroxylation sites is 1. The third kappa shape index (κ3) is 3.97. The Hall–Kier alpha value is -1.55. The highest BCUT2D eigenvalue weighted by atomic mass is 16.5. The smallest absolute Gasteiger partial charge is 0.234 e. The zero-order chi connectivity index (χ0) is 14.5. The number of hydrogen-bond donors (Lipinski definition) is 1. The van der Waals surface area contributed by atoms with Crippen molar-refractivity contribution in [2.24, 2.45) is 5.92 Å². The van der Waals surface area contributed by atoms with Crippen molar-refractivity contribution in [3.63, 3.8) is 0 Å². The lowest BCUT2D eigenvalue weighted by Gasteiger charge is -2.23. The van der Waals surface area contributed by atoms with E-state index < -0.39 is 0 Å². The Balaban J connectivity index is 1.79. The predicted molar refractivity (Wildman–Crippen MR) is 79.7 cm³/mol. The van der Waals surface area contributed by atoms with Gasteiger partial charge in [0.15, 0.2) is 0 Å². The molecule has 0 saturated heterocycles. The Morgan fingerprint density at radius 2 is 2.15 bits per heavy atom. The van der Waals surface area contributed by atoms with Gasteiger partial charge in [-0.3, -0.25) is 9.69 Å². The van der Waals surface area contributed by atoms with E-state index in [1.165, 1.54) is 12.8 Å². The zero-order valence-corrected chi connectivity index (χ0v) is 12.6. The first-order valence-electron chi connectivity index (χ1n) is 7.20. The highest BCUT2D eigenvalue weighted by Gasteiger charge is 2.30. The maximum atomic E-state index is 12.0. The van der Waals surface area contributed by atoms with E-state index in [4.69, 9.17) is 4.74 Å². The molecule has 0 aliphatic heterocycles. The molecular weight excluding hydrogens is 252 g/mol. The van der Waals surface area contributed by atoms with E-state index >= 15 is 0 Å². The molecule has 20 heavy (non-hydrogen) atoms. The van der Waals surface area contributed by atoms with Crippen LogP contribution < -0.4 is 10.1 Å². The van der Waals surface area contributed by atoms with Crippen LogP contribution in [0.2, 0.25) is 0 Å². The lowest BCUT2D eigenvalue weighted by molar-refractivity contribution is -0.122. The number of benzene rings is 1. The number of carbonyl (C=O) groups is 1. The predicted octanol–water partition coefficient (Wildman–Crippen LogP) is 2.04. The summed E-state index contributed by atoms with van der Waals surface area (Å²) in [6.07, 6.45) is 2.60. The fourth-order valence-electron chi connectivity index (χ4n) is 2.41. The van der Waals surface area contributed by atoms with Crippen molar-refractivity contribution >= 4 is 5.91 Å². The van der Waals surface area contributed by atoms with Crippen LogP contribution in [-0.4, -0.2) is 37.6 Å². The first kappa shape index (κ1) is 14.9. The molecule has 2 rings (SSSR count). The molecule has 1 aliphatic carbocycles. The van der Waals surface area contributed by atoms with Crippen molar-refractivity contribution in [3.05, 3.63) is 29.8 Å². The van der Waals surface area contributed by atoms with Gasteiger partial charge >= 0.3 is 0 Å². The summed E-state index contributed by atoms with van der Waals surface area (Å²) >= 11 is 0. The average Bonchev–Trinajstić information content (AvgIpc) is 3.29. The van der Waals surface area contributed by atoms with Crippen LogP contribution >= 0.6 is 0 Å². The molecule has 1 aromatic carbocycles. The molecule has 1 aromatic rings.